The topological polar surface area (TPSA) is 152 Å². The van der Waals surface area contributed by atoms with Crippen molar-refractivity contribution in [2.24, 2.45) is 7.05 Å². The number of rotatable bonds is 7. The fourth-order valence-corrected chi connectivity index (χ4v) is 4.44. The van der Waals surface area contributed by atoms with Crippen molar-refractivity contribution in [1.29, 1.82) is 5.26 Å². The summed E-state index contributed by atoms with van der Waals surface area (Å²) in [6.07, 6.45) is 4.25. The molecule has 0 aliphatic rings. The highest BCUT2D eigenvalue weighted by Crippen LogP contribution is 2.40. The van der Waals surface area contributed by atoms with Crippen molar-refractivity contribution >= 4 is 11.6 Å². The molecule has 0 unspecified atom stereocenters. The number of carbonyl (C=O) groups excluding carboxylic acids is 1. The molecule has 2 atom stereocenters. The molecule has 3 heterocycles. The van der Waals surface area contributed by atoms with Gasteiger partial charge in [-0.15, -0.1) is 0 Å². The van der Waals surface area contributed by atoms with Crippen LogP contribution in [0.15, 0.2) is 52.2 Å². The number of amides is 1. The van der Waals surface area contributed by atoms with Crippen LogP contribution >= 0.6 is 0 Å². The van der Waals surface area contributed by atoms with Gasteiger partial charge in [0.2, 0.25) is 5.75 Å². The zero-order chi connectivity index (χ0) is 26.0. The number of aromatic hydroxyl groups is 1. The second-order valence-corrected chi connectivity index (χ2v) is 8.37. The summed E-state index contributed by atoms with van der Waals surface area (Å²) in [6, 6.07) is 9.47. The number of benzene rings is 1. The van der Waals surface area contributed by atoms with Gasteiger partial charge in [-0.3, -0.25) is 18.8 Å². The molecular formula is C25H25N7O4. The summed E-state index contributed by atoms with van der Waals surface area (Å²) < 4.78 is 7.78. The maximum Gasteiger partial charge on any atom is 0.296 e. The van der Waals surface area contributed by atoms with Crippen molar-refractivity contribution in [3.63, 3.8) is 0 Å². The molecular weight excluding hydrogens is 462 g/mol. The summed E-state index contributed by atoms with van der Waals surface area (Å²) in [6.45, 7) is 6.46. The lowest BCUT2D eigenvalue weighted by atomic mass is 9.79. The van der Waals surface area contributed by atoms with Gasteiger partial charge in [0.1, 0.15) is 17.8 Å². The molecule has 4 rings (SSSR count). The molecule has 184 valence electrons. The fourth-order valence-electron chi connectivity index (χ4n) is 4.44. The third-order valence-electron chi connectivity index (χ3n) is 6.31. The minimum absolute atomic E-state index is 0.250. The first-order valence-corrected chi connectivity index (χ1v) is 11.3. The number of carbonyl (C=O) groups is 1. The number of hydrogen-bond acceptors (Lipinski definition) is 8. The number of nitrogens with zero attached hydrogens (tertiary/aromatic N) is 6. The number of aromatic nitrogens is 5. The third kappa shape index (κ3) is 4.24. The monoisotopic (exact) mass is 487 g/mol. The van der Waals surface area contributed by atoms with Crippen LogP contribution in [0.2, 0.25) is 0 Å². The van der Waals surface area contributed by atoms with E-state index in [0.717, 1.165) is 16.8 Å². The summed E-state index contributed by atoms with van der Waals surface area (Å²) in [5.74, 6) is -2.21. The van der Waals surface area contributed by atoms with Crippen molar-refractivity contribution < 1.29 is 14.4 Å². The van der Waals surface area contributed by atoms with Crippen LogP contribution in [0.3, 0.4) is 0 Å². The molecule has 1 amide bonds. The maximum atomic E-state index is 13.0. The quantitative estimate of drug-likeness (QED) is 0.403. The summed E-state index contributed by atoms with van der Waals surface area (Å²) in [4.78, 5) is 30.3. The summed E-state index contributed by atoms with van der Waals surface area (Å²) in [5.41, 5.74) is 2.06. The Kier molecular flexibility index (Phi) is 6.69. The Labute approximate surface area is 206 Å². The normalized spacial score (nSPS) is 12.6. The zero-order valence-corrected chi connectivity index (χ0v) is 20.3. The Hall–Kier alpha value is -4.72. The molecule has 0 saturated carbocycles. The molecule has 0 bridgehead atoms. The van der Waals surface area contributed by atoms with Gasteiger partial charge in [0, 0.05) is 36.7 Å². The van der Waals surface area contributed by atoms with Crippen molar-refractivity contribution in [1.82, 2.24) is 24.5 Å². The van der Waals surface area contributed by atoms with Crippen molar-refractivity contribution in [3.05, 3.63) is 87.2 Å². The third-order valence-corrected chi connectivity index (χ3v) is 6.31. The molecule has 0 aliphatic carbocycles. The van der Waals surface area contributed by atoms with Gasteiger partial charge in [-0.25, -0.2) is 4.98 Å². The van der Waals surface area contributed by atoms with Crippen molar-refractivity contribution in [2.45, 2.75) is 39.2 Å². The van der Waals surface area contributed by atoms with E-state index in [-0.39, 0.29) is 11.5 Å². The molecule has 0 aliphatic heterocycles. The maximum absolute atomic E-state index is 13.0. The molecule has 0 fully saturated rings. The van der Waals surface area contributed by atoms with E-state index < -0.39 is 34.7 Å². The molecule has 4 aromatic rings. The fraction of sp³-hybridized carbons (Fsp3) is 0.280. The number of hydrogen-bond donors (Lipinski definition) is 2. The predicted octanol–water partition coefficient (Wildman–Crippen LogP) is 3.06. The van der Waals surface area contributed by atoms with E-state index in [2.05, 4.69) is 26.6 Å². The van der Waals surface area contributed by atoms with Gasteiger partial charge in [0.15, 0.2) is 5.69 Å². The Bertz CT molecular complexity index is 1510. The van der Waals surface area contributed by atoms with Crippen LogP contribution in [-0.4, -0.2) is 35.5 Å². The van der Waals surface area contributed by atoms with Crippen LogP contribution in [0.1, 0.15) is 64.4 Å². The standard InChI is InChI=1S/C25H25N7O4/c1-5-32-15(3)19(12-27-32)20(18-9-7-6-8-16(18)10-26)14(2)23-30-21(22(33)25(35)31(23)4)24(34)29-17-11-28-36-13-17/h6-9,11-14,20,33H,5H2,1-4H3,(H,29,34)/t14-,20-/m1/s1. The van der Waals surface area contributed by atoms with Gasteiger partial charge in [-0.05, 0) is 25.5 Å². The Morgan fingerprint density at radius 3 is 2.67 bits per heavy atom. The molecule has 11 nitrogen and oxygen atoms in total. The molecule has 0 spiro atoms. The lowest BCUT2D eigenvalue weighted by Gasteiger charge is -2.27. The van der Waals surface area contributed by atoms with Crippen LogP contribution < -0.4 is 10.9 Å². The molecule has 0 radical (unpaired) electrons. The van der Waals surface area contributed by atoms with E-state index in [1.54, 1.807) is 18.3 Å². The number of anilines is 1. The van der Waals surface area contributed by atoms with Crippen LogP contribution in [-0.2, 0) is 13.6 Å². The van der Waals surface area contributed by atoms with Crippen LogP contribution in [0, 0.1) is 18.3 Å². The van der Waals surface area contributed by atoms with Crippen LogP contribution in [0.25, 0.3) is 0 Å². The predicted molar refractivity (Wildman–Crippen MR) is 130 cm³/mol. The van der Waals surface area contributed by atoms with Gasteiger partial charge in [0.25, 0.3) is 11.5 Å². The SMILES string of the molecule is CCn1ncc([C@@H](c2ccccc2C#N)[C@@H](C)c2nc(C(=O)Nc3cnoc3)c(O)c(=O)n2C)c1C. The highest BCUT2D eigenvalue weighted by molar-refractivity contribution is 6.04. The average molecular weight is 488 g/mol. The Morgan fingerprint density at radius 2 is 2.03 bits per heavy atom. The largest absolute Gasteiger partial charge is 0.501 e. The van der Waals surface area contributed by atoms with E-state index >= 15 is 0 Å². The molecule has 1 aromatic carbocycles. The first-order chi connectivity index (χ1) is 17.3. The van der Waals surface area contributed by atoms with Crippen LogP contribution in [0.5, 0.6) is 5.75 Å². The number of aryl methyl sites for hydroxylation is 1. The smallest absolute Gasteiger partial charge is 0.296 e. The van der Waals surface area contributed by atoms with Gasteiger partial charge in [0.05, 0.1) is 24.0 Å². The van der Waals surface area contributed by atoms with E-state index in [4.69, 9.17) is 4.52 Å². The lowest BCUT2D eigenvalue weighted by molar-refractivity contribution is 0.101. The molecule has 2 N–H and O–H groups in total. The average Bonchev–Trinajstić information content (AvgIpc) is 3.52. The Balaban J connectivity index is 1.89. The van der Waals surface area contributed by atoms with Gasteiger partial charge in [-0.2, -0.15) is 10.4 Å². The van der Waals surface area contributed by atoms with E-state index in [9.17, 15) is 20.0 Å². The molecule has 3 aromatic heterocycles. The van der Waals surface area contributed by atoms with Crippen molar-refractivity contribution in [2.75, 3.05) is 5.32 Å². The molecule has 36 heavy (non-hydrogen) atoms. The Morgan fingerprint density at radius 1 is 1.28 bits per heavy atom. The summed E-state index contributed by atoms with van der Waals surface area (Å²) in [5, 5.41) is 30.8. The lowest BCUT2D eigenvalue weighted by Crippen LogP contribution is -2.29. The first kappa shape index (κ1) is 24.4. The molecule has 11 heteroatoms. The highest BCUT2D eigenvalue weighted by atomic mass is 16.5. The highest BCUT2D eigenvalue weighted by Gasteiger charge is 2.32. The summed E-state index contributed by atoms with van der Waals surface area (Å²) in [7, 11) is 1.48. The minimum atomic E-state index is -0.786. The molecule has 0 saturated heterocycles. The van der Waals surface area contributed by atoms with E-state index in [0.29, 0.717) is 12.1 Å². The van der Waals surface area contributed by atoms with Crippen LogP contribution in [0.4, 0.5) is 5.69 Å². The number of nitriles is 1. The van der Waals surface area contributed by atoms with E-state index in [1.165, 1.54) is 24.1 Å². The summed E-state index contributed by atoms with van der Waals surface area (Å²) >= 11 is 0. The minimum Gasteiger partial charge on any atom is -0.501 e. The second-order valence-electron chi connectivity index (χ2n) is 8.37. The number of nitrogens with one attached hydrogen (secondary N) is 1. The van der Waals surface area contributed by atoms with Gasteiger partial charge >= 0.3 is 0 Å². The van der Waals surface area contributed by atoms with Gasteiger partial charge in [-0.1, -0.05) is 30.3 Å². The zero-order valence-electron chi connectivity index (χ0n) is 20.3. The van der Waals surface area contributed by atoms with Crippen molar-refractivity contribution in [3.8, 4) is 11.8 Å². The first-order valence-electron chi connectivity index (χ1n) is 11.3. The van der Waals surface area contributed by atoms with E-state index in [1.807, 2.05) is 37.6 Å². The second kappa shape index (κ2) is 9.87. The van der Waals surface area contributed by atoms with Gasteiger partial charge < -0.3 is 14.9 Å².